The van der Waals surface area contributed by atoms with E-state index in [0.29, 0.717) is 0 Å². The maximum absolute atomic E-state index is 8.36. The fourth-order valence-corrected chi connectivity index (χ4v) is 3.19. The quantitative estimate of drug-likeness (QED) is 0.401. The third kappa shape index (κ3) is 4.43. The van der Waals surface area contributed by atoms with Crippen LogP contribution in [0, 0.1) is 10.1 Å². The molecular weight excluding hydrogens is 366 g/mol. The maximum atomic E-state index is 8.36. The molecule has 27 heavy (non-hydrogen) atoms. The van der Waals surface area contributed by atoms with Crippen molar-refractivity contribution in [3.05, 3.63) is 112 Å². The highest BCUT2D eigenvalue weighted by Crippen LogP contribution is 2.32. The molecule has 0 aliphatic rings. The van der Waals surface area contributed by atoms with Gasteiger partial charge in [0.1, 0.15) is 0 Å². The van der Waals surface area contributed by atoms with Crippen LogP contribution in [0.5, 0.6) is 0 Å². The molecule has 3 aromatic carbocycles. The van der Waals surface area contributed by atoms with E-state index in [2.05, 4.69) is 64.1 Å². The molecule has 0 saturated heterocycles. The van der Waals surface area contributed by atoms with Crippen molar-refractivity contribution >= 4 is 22.4 Å². The smallest absolute Gasteiger partial charge is 0.291 e. The van der Waals surface area contributed by atoms with Gasteiger partial charge < -0.3 is 9.77 Å². The Hall–Kier alpha value is -3.38. The van der Waals surface area contributed by atoms with Gasteiger partial charge in [-0.3, -0.25) is 0 Å². The van der Waals surface area contributed by atoms with E-state index >= 15 is 0 Å². The van der Waals surface area contributed by atoms with Crippen LogP contribution >= 0.6 is 11.6 Å². The van der Waals surface area contributed by atoms with Gasteiger partial charge in [-0.25, -0.2) is 4.98 Å². The Morgan fingerprint density at radius 3 is 2.37 bits per heavy atom. The van der Waals surface area contributed by atoms with E-state index in [-0.39, 0.29) is 6.04 Å². The zero-order chi connectivity index (χ0) is 19.2. The molecule has 1 N–H and O–H groups in total. The Labute approximate surface area is 160 Å². The molecule has 0 spiro atoms. The van der Waals surface area contributed by atoms with Crippen molar-refractivity contribution in [2.24, 2.45) is 0 Å². The number of hydrogen-bond donors (Lipinski definition) is 1. The minimum Gasteiger partial charge on any atom is -0.328 e. The molecule has 0 radical (unpaired) electrons. The van der Waals surface area contributed by atoms with E-state index in [4.69, 9.17) is 26.9 Å². The van der Waals surface area contributed by atoms with Crippen LogP contribution in [-0.2, 0) is 0 Å². The first-order chi connectivity index (χ1) is 13.1. The van der Waals surface area contributed by atoms with Crippen molar-refractivity contribution in [2.45, 2.75) is 6.04 Å². The van der Waals surface area contributed by atoms with Gasteiger partial charge in [0.15, 0.2) is 0 Å². The molecule has 1 heterocycles. The Kier molecular flexibility index (Phi) is 5.68. The Balaban J connectivity index is 0.000000481. The number of halogens is 1. The van der Waals surface area contributed by atoms with E-state index in [1.54, 1.807) is 0 Å². The second-order valence-electron chi connectivity index (χ2n) is 5.77. The first-order valence-corrected chi connectivity index (χ1v) is 8.48. The van der Waals surface area contributed by atoms with Gasteiger partial charge in [-0.05, 0) is 34.0 Å². The minimum absolute atomic E-state index is 0.0702. The number of rotatable bonds is 3. The molecule has 1 aromatic heterocycles. The molecule has 0 fully saturated rings. The Morgan fingerprint density at radius 1 is 1.04 bits per heavy atom. The summed E-state index contributed by atoms with van der Waals surface area (Å²) < 4.78 is 2.13. The van der Waals surface area contributed by atoms with Crippen molar-refractivity contribution in [3.8, 4) is 0 Å². The van der Waals surface area contributed by atoms with Gasteiger partial charge in [-0.1, -0.05) is 66.2 Å². The molecule has 4 aromatic rings. The summed E-state index contributed by atoms with van der Waals surface area (Å²) in [7, 11) is 0. The van der Waals surface area contributed by atoms with Crippen LogP contribution in [0.2, 0.25) is 5.02 Å². The predicted octanol–water partition coefficient (Wildman–Crippen LogP) is 4.98. The van der Waals surface area contributed by atoms with E-state index in [9.17, 15) is 0 Å². The van der Waals surface area contributed by atoms with Crippen LogP contribution in [0.25, 0.3) is 10.8 Å². The van der Waals surface area contributed by atoms with Crippen molar-refractivity contribution in [3.63, 3.8) is 0 Å². The van der Waals surface area contributed by atoms with Crippen LogP contribution in [0.15, 0.2) is 85.5 Å². The number of nitrogens with zero attached hydrogens (tertiary/aromatic N) is 3. The van der Waals surface area contributed by atoms with Crippen LogP contribution in [0.1, 0.15) is 17.2 Å². The van der Waals surface area contributed by atoms with Gasteiger partial charge in [-0.2, -0.15) is 0 Å². The summed E-state index contributed by atoms with van der Waals surface area (Å²) in [5.41, 5.74) is 2.44. The Bertz CT molecular complexity index is 1020. The summed E-state index contributed by atoms with van der Waals surface area (Å²) in [6, 6.07) is 23.0. The zero-order valence-electron chi connectivity index (χ0n) is 14.1. The molecule has 4 rings (SSSR count). The lowest BCUT2D eigenvalue weighted by atomic mass is 9.93. The molecule has 0 aliphatic carbocycles. The molecule has 1 atom stereocenters. The number of imidazole rings is 1. The van der Waals surface area contributed by atoms with E-state index in [1.807, 2.05) is 30.9 Å². The summed E-state index contributed by atoms with van der Waals surface area (Å²) in [6.07, 6.45) is 5.68. The maximum Gasteiger partial charge on any atom is 0.291 e. The highest BCUT2D eigenvalue weighted by molar-refractivity contribution is 6.30. The largest absolute Gasteiger partial charge is 0.328 e. The van der Waals surface area contributed by atoms with Crippen molar-refractivity contribution in [1.29, 1.82) is 0 Å². The van der Waals surface area contributed by atoms with Crippen LogP contribution in [-0.4, -0.2) is 19.8 Å². The minimum atomic E-state index is -1.50. The summed E-state index contributed by atoms with van der Waals surface area (Å²) >= 11 is 6.06. The average Bonchev–Trinajstić information content (AvgIpc) is 3.18. The summed E-state index contributed by atoms with van der Waals surface area (Å²) in [5, 5.41) is 16.9. The molecule has 0 saturated carbocycles. The third-order valence-corrected chi connectivity index (χ3v) is 4.38. The lowest BCUT2D eigenvalue weighted by Gasteiger charge is -2.21. The van der Waals surface area contributed by atoms with E-state index < -0.39 is 5.09 Å². The van der Waals surface area contributed by atoms with Gasteiger partial charge in [0.25, 0.3) is 5.09 Å². The highest BCUT2D eigenvalue weighted by atomic mass is 35.5. The molecule has 6 nitrogen and oxygen atoms in total. The molecule has 0 amide bonds. The molecule has 0 bridgehead atoms. The SMILES string of the molecule is Clc1ccc(C(c2cccc3ccccc23)n2ccnc2)cc1.O=[N+]([O-])O. The average molecular weight is 382 g/mol. The van der Waals surface area contributed by atoms with E-state index in [1.165, 1.54) is 21.9 Å². The third-order valence-electron chi connectivity index (χ3n) is 4.13. The standard InChI is InChI=1S/C20H15ClN2.HNO3/c21-17-10-8-16(9-11-17)20(23-13-12-22-14-23)19-7-3-5-15-4-1-2-6-18(15)19;2-1(3)4/h1-14,20H;(H,2,3,4). The van der Waals surface area contributed by atoms with Crippen LogP contribution < -0.4 is 0 Å². The second-order valence-corrected chi connectivity index (χ2v) is 6.21. The summed E-state index contributed by atoms with van der Waals surface area (Å²) in [4.78, 5) is 12.6. The summed E-state index contributed by atoms with van der Waals surface area (Å²) in [6.45, 7) is 0. The Morgan fingerprint density at radius 2 is 1.70 bits per heavy atom. The molecule has 7 heteroatoms. The van der Waals surface area contributed by atoms with Crippen LogP contribution in [0.4, 0.5) is 0 Å². The van der Waals surface area contributed by atoms with Crippen molar-refractivity contribution in [1.82, 2.24) is 9.55 Å². The monoisotopic (exact) mass is 381 g/mol. The van der Waals surface area contributed by atoms with Crippen molar-refractivity contribution < 1.29 is 10.3 Å². The fourth-order valence-electron chi connectivity index (χ4n) is 3.07. The predicted molar refractivity (Wildman–Crippen MR) is 104 cm³/mol. The number of fused-ring (bicyclic) bond motifs is 1. The van der Waals surface area contributed by atoms with Gasteiger partial charge in [-0.15, -0.1) is 10.1 Å². The van der Waals surface area contributed by atoms with Gasteiger partial charge >= 0.3 is 0 Å². The van der Waals surface area contributed by atoms with E-state index in [0.717, 1.165) is 5.02 Å². The molecule has 0 aliphatic heterocycles. The number of hydrogen-bond acceptors (Lipinski definition) is 3. The normalized spacial score (nSPS) is 11.4. The molecule has 1 unspecified atom stereocenters. The first kappa shape index (κ1) is 18.4. The topological polar surface area (TPSA) is 81.2 Å². The van der Waals surface area contributed by atoms with Crippen LogP contribution in [0.3, 0.4) is 0 Å². The molecular formula is C20H16ClN3O3. The van der Waals surface area contributed by atoms with Crippen molar-refractivity contribution in [2.75, 3.05) is 0 Å². The summed E-state index contributed by atoms with van der Waals surface area (Å²) in [5.74, 6) is 0. The number of aromatic nitrogens is 2. The van der Waals surface area contributed by atoms with Gasteiger partial charge in [0, 0.05) is 17.4 Å². The zero-order valence-corrected chi connectivity index (χ0v) is 14.9. The fraction of sp³-hybridized carbons (Fsp3) is 0.0500. The number of benzene rings is 3. The lowest BCUT2D eigenvalue weighted by Crippen LogP contribution is -2.11. The lowest BCUT2D eigenvalue weighted by molar-refractivity contribution is -0.742. The van der Waals surface area contributed by atoms with Gasteiger partial charge in [0.05, 0.1) is 12.4 Å². The first-order valence-electron chi connectivity index (χ1n) is 8.10. The van der Waals surface area contributed by atoms with Gasteiger partial charge in [0.2, 0.25) is 0 Å². The second kappa shape index (κ2) is 8.33. The highest BCUT2D eigenvalue weighted by Gasteiger charge is 2.18. The molecule has 136 valence electrons.